The Morgan fingerprint density at radius 1 is 0.286 bits per heavy atom. The average Bonchev–Trinajstić information content (AvgIpc) is 4.17. The lowest BCUT2D eigenvalue weighted by atomic mass is 10.0. The highest BCUT2D eigenvalue weighted by molar-refractivity contribution is 6.25. The third-order valence-corrected chi connectivity index (χ3v) is 14.0. The number of furan rings is 4. The zero-order chi connectivity index (χ0) is 46.0. The lowest BCUT2D eigenvalue weighted by molar-refractivity contribution is 0.662. The van der Waals surface area contributed by atoms with E-state index in [1.165, 1.54) is 0 Å². The van der Waals surface area contributed by atoms with E-state index in [1.54, 1.807) is 0 Å². The first-order valence-corrected chi connectivity index (χ1v) is 23.3. The Morgan fingerprint density at radius 3 is 1.29 bits per heavy atom. The van der Waals surface area contributed by atoms with E-state index >= 15 is 0 Å². The van der Waals surface area contributed by atoms with E-state index in [-0.39, 0.29) is 0 Å². The van der Waals surface area contributed by atoms with E-state index in [0.717, 1.165) is 127 Å². The number of anilines is 6. The van der Waals surface area contributed by atoms with Gasteiger partial charge in [-0.2, -0.15) is 5.26 Å². The Labute approximate surface area is 398 Å². The summed E-state index contributed by atoms with van der Waals surface area (Å²) in [6.07, 6.45) is 0. The van der Waals surface area contributed by atoms with Crippen LogP contribution < -0.4 is 9.80 Å². The molecule has 0 amide bonds. The first-order chi connectivity index (χ1) is 34.6. The molecule has 0 aliphatic heterocycles. The van der Waals surface area contributed by atoms with Crippen LogP contribution in [-0.4, -0.2) is 0 Å². The summed E-state index contributed by atoms with van der Waals surface area (Å²) < 4.78 is 26.0. The summed E-state index contributed by atoms with van der Waals surface area (Å²) in [7, 11) is 0. The summed E-state index contributed by atoms with van der Waals surface area (Å²) >= 11 is 0. The highest BCUT2D eigenvalue weighted by atomic mass is 16.3. The van der Waals surface area contributed by atoms with E-state index < -0.39 is 0 Å². The standard InChI is InChI=1S/C63H35N3O4/c64-36-41-31-53-50-29-37-19-21-44(65(42-11-3-1-4-12-42)46-23-25-57-51(34-46)48-15-7-9-17-55(48)67-57)27-39(37)32-59(50)70-63(53)61-54-30-38-20-22-45(28-40(38)33-60(54)69-62(41)61)66(43-13-5-2-6-14-43)47-24-26-58-52(35-47)49-16-8-10-18-56(49)68-58/h1-35H. The lowest BCUT2D eigenvalue weighted by Gasteiger charge is -2.26. The first-order valence-electron chi connectivity index (χ1n) is 23.3. The van der Waals surface area contributed by atoms with Crippen molar-refractivity contribution in [2.24, 2.45) is 0 Å². The second kappa shape index (κ2) is 14.6. The molecule has 70 heavy (non-hydrogen) atoms. The predicted molar refractivity (Wildman–Crippen MR) is 285 cm³/mol. The van der Waals surface area contributed by atoms with Gasteiger partial charge >= 0.3 is 0 Å². The summed E-state index contributed by atoms with van der Waals surface area (Å²) in [6, 6.07) is 75.9. The van der Waals surface area contributed by atoms with E-state index in [0.29, 0.717) is 22.3 Å². The van der Waals surface area contributed by atoms with Gasteiger partial charge in [0.1, 0.15) is 45.2 Å². The number of hydrogen-bond donors (Lipinski definition) is 0. The number of nitrogens with zero attached hydrogens (tertiary/aromatic N) is 3. The van der Waals surface area contributed by atoms with Crippen molar-refractivity contribution >= 4 is 143 Å². The second-order valence-corrected chi connectivity index (χ2v) is 18.0. The maximum atomic E-state index is 10.6. The van der Waals surface area contributed by atoms with Crippen molar-refractivity contribution in [3.05, 3.63) is 218 Å². The van der Waals surface area contributed by atoms with E-state index in [2.05, 4.69) is 174 Å². The zero-order valence-electron chi connectivity index (χ0n) is 37.2. The van der Waals surface area contributed by atoms with E-state index in [4.69, 9.17) is 17.7 Å². The number of para-hydroxylation sites is 4. The van der Waals surface area contributed by atoms with Gasteiger partial charge in [0, 0.05) is 71.8 Å². The monoisotopic (exact) mass is 897 g/mol. The summed E-state index contributed by atoms with van der Waals surface area (Å²) in [5, 5.41) is 22.5. The van der Waals surface area contributed by atoms with Gasteiger partial charge < -0.3 is 27.5 Å². The highest BCUT2D eigenvalue weighted by Gasteiger charge is 2.23. The normalized spacial score (nSPS) is 12.0. The molecule has 0 bridgehead atoms. The molecule has 0 unspecified atom stereocenters. The minimum Gasteiger partial charge on any atom is -0.456 e. The van der Waals surface area contributed by atoms with E-state index in [1.807, 2.05) is 54.6 Å². The Hall–Kier alpha value is -9.77. The molecule has 7 nitrogen and oxygen atoms in total. The summed E-state index contributed by atoms with van der Waals surface area (Å²) in [4.78, 5) is 4.54. The fourth-order valence-electron chi connectivity index (χ4n) is 10.7. The van der Waals surface area contributed by atoms with Crippen molar-refractivity contribution < 1.29 is 17.7 Å². The van der Waals surface area contributed by atoms with Crippen LogP contribution in [0.1, 0.15) is 5.56 Å². The molecule has 0 aliphatic carbocycles. The van der Waals surface area contributed by atoms with Gasteiger partial charge in [-0.3, -0.25) is 0 Å². The molecule has 0 aliphatic rings. The molecule has 0 saturated heterocycles. The SMILES string of the molecule is N#Cc1cc2c3cc4ccc(N(c5ccccc5)c5ccc6oc7ccccc7c6c5)cc4cc3oc2c2c1oc1cc3cc(N(c4ccccc4)c4ccc5oc6ccccc6c5c4)ccc3cc12. The number of fused-ring (bicyclic) bond motifs is 15. The molecule has 4 heterocycles. The molecule has 0 radical (unpaired) electrons. The quantitative estimate of drug-likeness (QED) is 0.164. The van der Waals surface area contributed by atoms with Crippen LogP contribution in [0, 0.1) is 11.3 Å². The number of rotatable bonds is 6. The lowest BCUT2D eigenvalue weighted by Crippen LogP contribution is -2.09. The van der Waals surface area contributed by atoms with Crippen molar-refractivity contribution in [3.8, 4) is 6.07 Å². The van der Waals surface area contributed by atoms with Crippen LogP contribution in [0.3, 0.4) is 0 Å². The maximum Gasteiger partial charge on any atom is 0.156 e. The van der Waals surface area contributed by atoms with Crippen LogP contribution in [0.5, 0.6) is 0 Å². The first kappa shape index (κ1) is 38.3. The highest BCUT2D eigenvalue weighted by Crippen LogP contribution is 2.46. The van der Waals surface area contributed by atoms with Crippen molar-refractivity contribution in [2.75, 3.05) is 9.80 Å². The molecule has 4 aromatic heterocycles. The summed E-state index contributed by atoms with van der Waals surface area (Å²) in [5.74, 6) is 0. The molecule has 15 aromatic rings. The van der Waals surface area contributed by atoms with Crippen molar-refractivity contribution in [1.29, 1.82) is 5.26 Å². The molecule has 0 saturated carbocycles. The van der Waals surface area contributed by atoms with Crippen molar-refractivity contribution in [1.82, 2.24) is 0 Å². The van der Waals surface area contributed by atoms with Gasteiger partial charge in [-0.05, 0) is 149 Å². The fourth-order valence-corrected chi connectivity index (χ4v) is 10.7. The molecule has 0 N–H and O–H groups in total. The maximum absolute atomic E-state index is 10.6. The van der Waals surface area contributed by atoms with Gasteiger partial charge in [0.2, 0.25) is 0 Å². The van der Waals surface area contributed by atoms with Gasteiger partial charge in [0.05, 0.1) is 10.9 Å². The molecule has 0 atom stereocenters. The third kappa shape index (κ3) is 5.74. The number of nitriles is 1. The van der Waals surface area contributed by atoms with Crippen LogP contribution in [0.15, 0.2) is 230 Å². The van der Waals surface area contributed by atoms with Crippen LogP contribution >= 0.6 is 0 Å². The largest absolute Gasteiger partial charge is 0.456 e. The molecular formula is C63H35N3O4. The topological polar surface area (TPSA) is 82.8 Å². The molecular weight excluding hydrogens is 863 g/mol. The average molecular weight is 898 g/mol. The Bertz CT molecular complexity index is 4690. The van der Waals surface area contributed by atoms with Crippen molar-refractivity contribution in [3.63, 3.8) is 0 Å². The number of benzene rings is 11. The van der Waals surface area contributed by atoms with Crippen LogP contribution in [0.2, 0.25) is 0 Å². The van der Waals surface area contributed by atoms with Gasteiger partial charge in [-0.1, -0.05) is 84.9 Å². The molecule has 11 aromatic carbocycles. The second-order valence-electron chi connectivity index (χ2n) is 18.0. The van der Waals surface area contributed by atoms with Crippen LogP contribution in [-0.2, 0) is 0 Å². The third-order valence-electron chi connectivity index (χ3n) is 14.0. The minimum absolute atomic E-state index is 0.458. The summed E-state index contributed by atoms with van der Waals surface area (Å²) in [5.41, 5.74) is 12.6. The number of hydrogen-bond acceptors (Lipinski definition) is 7. The summed E-state index contributed by atoms with van der Waals surface area (Å²) in [6.45, 7) is 0. The van der Waals surface area contributed by atoms with Crippen molar-refractivity contribution in [2.45, 2.75) is 0 Å². The van der Waals surface area contributed by atoms with Gasteiger partial charge in [0.25, 0.3) is 0 Å². The Morgan fingerprint density at radius 2 is 0.729 bits per heavy atom. The zero-order valence-corrected chi connectivity index (χ0v) is 37.2. The van der Waals surface area contributed by atoms with E-state index in [9.17, 15) is 5.26 Å². The minimum atomic E-state index is 0.458. The molecule has 15 rings (SSSR count). The fraction of sp³-hybridized carbons (Fsp3) is 0. The Kier molecular flexibility index (Phi) is 8.01. The molecule has 0 fully saturated rings. The van der Waals surface area contributed by atoms with Crippen LogP contribution in [0.25, 0.3) is 109 Å². The predicted octanol–water partition coefficient (Wildman–Crippen LogP) is 18.4. The van der Waals surface area contributed by atoms with Gasteiger partial charge in [-0.25, -0.2) is 0 Å². The van der Waals surface area contributed by atoms with Gasteiger partial charge in [0.15, 0.2) is 5.58 Å². The Balaban J connectivity index is 0.866. The van der Waals surface area contributed by atoms with Crippen LogP contribution in [0.4, 0.5) is 34.1 Å². The van der Waals surface area contributed by atoms with Gasteiger partial charge in [-0.15, -0.1) is 0 Å². The smallest absolute Gasteiger partial charge is 0.156 e. The molecule has 326 valence electrons. The molecule has 0 spiro atoms. The molecule has 7 heteroatoms.